The van der Waals surface area contributed by atoms with Gasteiger partial charge in [-0.1, -0.05) is 23.5 Å². The molecule has 0 spiro atoms. The average Bonchev–Trinajstić information content (AvgIpc) is 3.38. The summed E-state index contributed by atoms with van der Waals surface area (Å²) in [6.07, 6.45) is 4.92. The maximum atomic E-state index is 13.2. The molecule has 0 bridgehead atoms. The first-order valence-electron chi connectivity index (χ1n) is 9.54. The molecular weight excluding hydrogens is 427 g/mol. The third-order valence-electron chi connectivity index (χ3n) is 5.33. The molecule has 160 valence electrons. The van der Waals surface area contributed by atoms with Crippen molar-refractivity contribution in [2.45, 2.75) is 23.7 Å². The van der Waals surface area contributed by atoms with E-state index >= 15 is 0 Å². The zero-order chi connectivity index (χ0) is 21.3. The number of hydrogen-bond donors (Lipinski definition) is 1. The van der Waals surface area contributed by atoms with E-state index in [0.29, 0.717) is 32.7 Å². The van der Waals surface area contributed by atoms with Crippen molar-refractivity contribution < 1.29 is 12.8 Å². The summed E-state index contributed by atoms with van der Waals surface area (Å²) in [5.74, 6) is -0.259. The Labute approximate surface area is 178 Å². The van der Waals surface area contributed by atoms with Gasteiger partial charge in [0.1, 0.15) is 5.82 Å². The molecule has 8 nitrogen and oxygen atoms in total. The third-order valence-corrected chi connectivity index (χ3v) is 8.49. The Hall–Kier alpha value is -2.34. The lowest BCUT2D eigenvalue weighted by Gasteiger charge is -2.33. The van der Waals surface area contributed by atoms with Gasteiger partial charge in [-0.15, -0.1) is 0 Å². The Morgan fingerprint density at radius 1 is 1.17 bits per heavy atom. The number of nitrogens with two attached hydrogens (primary N) is 1. The quantitative estimate of drug-likeness (QED) is 0.618. The monoisotopic (exact) mass is 450 g/mol. The highest BCUT2D eigenvalue weighted by Crippen LogP contribution is 2.25. The summed E-state index contributed by atoms with van der Waals surface area (Å²) in [6.45, 7) is 4.74. The van der Waals surface area contributed by atoms with Crippen LogP contribution in [-0.2, 0) is 16.6 Å². The Morgan fingerprint density at radius 3 is 2.50 bits per heavy atom. The van der Waals surface area contributed by atoms with Crippen molar-refractivity contribution in [3.05, 3.63) is 60.1 Å². The molecule has 1 aliphatic rings. The van der Waals surface area contributed by atoms with Gasteiger partial charge >= 0.3 is 0 Å². The zero-order valence-corrected chi connectivity index (χ0v) is 18.1. The normalized spacial score (nSPS) is 17.3. The highest BCUT2D eigenvalue weighted by Gasteiger charge is 2.30. The molecule has 1 fully saturated rings. The Balaban J connectivity index is 1.40. The van der Waals surface area contributed by atoms with Crippen molar-refractivity contribution in [3.8, 4) is 0 Å². The van der Waals surface area contributed by atoms with Gasteiger partial charge in [0, 0.05) is 38.9 Å². The number of imidazole rings is 1. The topological polar surface area (TPSA) is 97.4 Å². The SMILES string of the molecule is C[C@H](c1ccc(F)cc1)n1cncc1CN1CCN(S(=O)(=O)c2cnc(N)s2)CC1. The fourth-order valence-electron chi connectivity index (χ4n) is 3.58. The molecular formula is C19H23FN6O2S2. The average molecular weight is 451 g/mol. The molecule has 3 heterocycles. The first kappa shape index (κ1) is 20.9. The van der Waals surface area contributed by atoms with Crippen molar-refractivity contribution in [2.24, 2.45) is 0 Å². The summed E-state index contributed by atoms with van der Waals surface area (Å²) in [7, 11) is -3.55. The summed E-state index contributed by atoms with van der Waals surface area (Å²) >= 11 is 0.985. The number of benzene rings is 1. The lowest BCUT2D eigenvalue weighted by atomic mass is 10.1. The van der Waals surface area contributed by atoms with Crippen LogP contribution in [0, 0.1) is 5.82 Å². The Morgan fingerprint density at radius 2 is 1.87 bits per heavy atom. The maximum Gasteiger partial charge on any atom is 0.254 e. The van der Waals surface area contributed by atoms with Crippen LogP contribution in [0.5, 0.6) is 0 Å². The molecule has 1 atom stereocenters. The summed E-state index contributed by atoms with van der Waals surface area (Å²) in [5.41, 5.74) is 7.60. The molecule has 2 N–H and O–H groups in total. The van der Waals surface area contributed by atoms with E-state index in [1.807, 2.05) is 13.1 Å². The standard InChI is InChI=1S/C19H23FN6O2S2/c1-14(15-2-4-16(20)5-3-15)26-13-22-10-17(26)12-24-6-8-25(9-7-24)30(27,28)18-11-23-19(21)29-18/h2-5,10-11,13-14H,6-9,12H2,1H3,(H2,21,23)/t14-/m1/s1. The van der Waals surface area contributed by atoms with E-state index in [-0.39, 0.29) is 21.2 Å². The molecule has 0 aliphatic carbocycles. The number of thiazole rings is 1. The van der Waals surface area contributed by atoms with Crippen molar-refractivity contribution in [3.63, 3.8) is 0 Å². The number of sulfonamides is 1. The van der Waals surface area contributed by atoms with Gasteiger partial charge in [0.05, 0.1) is 24.3 Å². The second kappa shape index (κ2) is 8.42. The van der Waals surface area contributed by atoms with Crippen LogP contribution in [0.3, 0.4) is 0 Å². The molecule has 1 aliphatic heterocycles. The Kier molecular flexibility index (Phi) is 5.87. The third kappa shape index (κ3) is 4.24. The highest BCUT2D eigenvalue weighted by molar-refractivity contribution is 7.91. The Bertz CT molecular complexity index is 1100. The lowest BCUT2D eigenvalue weighted by molar-refractivity contribution is 0.178. The number of nitrogen functional groups attached to an aromatic ring is 1. The minimum Gasteiger partial charge on any atom is -0.375 e. The van der Waals surface area contributed by atoms with Gasteiger partial charge in [0.25, 0.3) is 10.0 Å². The van der Waals surface area contributed by atoms with Gasteiger partial charge in [-0.25, -0.2) is 22.8 Å². The molecule has 3 aromatic rings. The summed E-state index contributed by atoms with van der Waals surface area (Å²) in [5, 5.41) is 0.246. The summed E-state index contributed by atoms with van der Waals surface area (Å²) in [4.78, 5) is 10.3. The maximum absolute atomic E-state index is 13.2. The fraction of sp³-hybridized carbons (Fsp3) is 0.368. The second-order valence-electron chi connectivity index (χ2n) is 7.22. The molecule has 1 aromatic carbocycles. The molecule has 2 aromatic heterocycles. The van der Waals surface area contributed by atoms with E-state index in [1.54, 1.807) is 18.5 Å². The summed E-state index contributed by atoms with van der Waals surface area (Å²) < 4.78 is 42.4. The van der Waals surface area contributed by atoms with Gasteiger partial charge in [-0.3, -0.25) is 4.90 Å². The number of nitrogens with zero attached hydrogens (tertiary/aromatic N) is 5. The van der Waals surface area contributed by atoms with Crippen molar-refractivity contribution in [1.82, 2.24) is 23.7 Å². The van der Waals surface area contributed by atoms with Crippen molar-refractivity contribution in [2.75, 3.05) is 31.9 Å². The second-order valence-corrected chi connectivity index (χ2v) is 10.4. The minimum absolute atomic E-state index is 0.0153. The number of halogens is 1. The number of aromatic nitrogens is 3. The van der Waals surface area contributed by atoms with Crippen LogP contribution in [0.2, 0.25) is 0 Å². The smallest absolute Gasteiger partial charge is 0.254 e. The molecule has 0 unspecified atom stereocenters. The van der Waals surface area contributed by atoms with E-state index in [0.717, 1.165) is 22.6 Å². The van der Waals surface area contributed by atoms with E-state index in [1.165, 1.54) is 22.6 Å². The lowest BCUT2D eigenvalue weighted by Crippen LogP contribution is -2.48. The van der Waals surface area contributed by atoms with Gasteiger partial charge in [0.15, 0.2) is 9.34 Å². The van der Waals surface area contributed by atoms with E-state index in [2.05, 4.69) is 19.4 Å². The number of anilines is 1. The first-order chi connectivity index (χ1) is 14.3. The van der Waals surface area contributed by atoms with E-state index in [9.17, 15) is 12.8 Å². The number of hydrogen-bond acceptors (Lipinski definition) is 7. The van der Waals surface area contributed by atoms with Crippen molar-refractivity contribution in [1.29, 1.82) is 0 Å². The van der Waals surface area contributed by atoms with Crippen LogP contribution < -0.4 is 5.73 Å². The van der Waals surface area contributed by atoms with Crippen LogP contribution in [0.25, 0.3) is 0 Å². The van der Waals surface area contributed by atoms with E-state index < -0.39 is 10.0 Å². The first-order valence-corrected chi connectivity index (χ1v) is 11.8. The number of rotatable bonds is 6. The largest absolute Gasteiger partial charge is 0.375 e. The van der Waals surface area contributed by atoms with Crippen LogP contribution >= 0.6 is 11.3 Å². The molecule has 0 radical (unpaired) electrons. The van der Waals surface area contributed by atoms with Gasteiger partial charge < -0.3 is 10.3 Å². The van der Waals surface area contributed by atoms with Crippen LogP contribution in [0.4, 0.5) is 9.52 Å². The predicted octanol–water partition coefficient (Wildman–Crippen LogP) is 2.18. The van der Waals surface area contributed by atoms with Gasteiger partial charge in [-0.05, 0) is 24.6 Å². The van der Waals surface area contributed by atoms with Gasteiger partial charge in [-0.2, -0.15) is 4.31 Å². The molecule has 4 rings (SSSR count). The van der Waals surface area contributed by atoms with Crippen LogP contribution in [-0.4, -0.2) is 58.3 Å². The minimum atomic E-state index is -3.55. The van der Waals surface area contributed by atoms with Crippen LogP contribution in [0.15, 0.2) is 47.2 Å². The fourth-order valence-corrected chi connectivity index (χ4v) is 6.08. The van der Waals surface area contributed by atoms with Crippen LogP contribution in [0.1, 0.15) is 24.2 Å². The number of piperazine rings is 1. The molecule has 0 saturated carbocycles. The molecule has 0 amide bonds. The molecule has 1 saturated heterocycles. The van der Waals surface area contributed by atoms with E-state index in [4.69, 9.17) is 5.73 Å². The molecule has 30 heavy (non-hydrogen) atoms. The predicted molar refractivity (Wildman–Crippen MR) is 113 cm³/mol. The zero-order valence-electron chi connectivity index (χ0n) is 16.5. The van der Waals surface area contributed by atoms with Gasteiger partial charge in [0.2, 0.25) is 0 Å². The summed E-state index contributed by atoms with van der Waals surface area (Å²) in [6, 6.07) is 6.48. The van der Waals surface area contributed by atoms with Crippen molar-refractivity contribution >= 4 is 26.5 Å². The highest BCUT2D eigenvalue weighted by atomic mass is 32.2. The molecule has 11 heteroatoms.